The molecule has 18 heavy (non-hydrogen) atoms. The second-order valence-corrected chi connectivity index (χ2v) is 6.24. The number of hydrogen-bond acceptors (Lipinski definition) is 5. The number of aliphatic hydroxyl groups is 1. The van der Waals surface area contributed by atoms with E-state index in [9.17, 15) is 0 Å². The van der Waals surface area contributed by atoms with Crippen LogP contribution >= 0.6 is 11.3 Å². The second kappa shape index (κ2) is 7.19. The van der Waals surface area contributed by atoms with Gasteiger partial charge in [-0.2, -0.15) is 0 Å². The fraction of sp³-hybridized carbons (Fsp3) is 0.769. The van der Waals surface area contributed by atoms with Gasteiger partial charge in [-0.3, -0.25) is 4.90 Å². The van der Waals surface area contributed by atoms with Crippen LogP contribution in [-0.2, 0) is 16.7 Å². The Balaban J connectivity index is 2.60. The maximum Gasteiger partial charge on any atom is 0.0982 e. The van der Waals surface area contributed by atoms with Gasteiger partial charge in [0.1, 0.15) is 0 Å². The summed E-state index contributed by atoms with van der Waals surface area (Å²) in [5, 5.41) is 12.3. The van der Waals surface area contributed by atoms with E-state index >= 15 is 0 Å². The van der Waals surface area contributed by atoms with Crippen LogP contribution in [0.15, 0.2) is 5.38 Å². The van der Waals surface area contributed by atoms with Gasteiger partial charge in [0.05, 0.1) is 23.9 Å². The number of rotatable bonds is 7. The quantitative estimate of drug-likeness (QED) is 0.823. The molecule has 0 bridgehead atoms. The first-order valence-electron chi connectivity index (χ1n) is 6.24. The predicted molar refractivity (Wildman–Crippen MR) is 75.1 cm³/mol. The molecule has 0 spiro atoms. The fourth-order valence-corrected chi connectivity index (χ4v) is 2.48. The Morgan fingerprint density at radius 3 is 2.61 bits per heavy atom. The average molecular weight is 272 g/mol. The minimum atomic E-state index is 0.108. The highest BCUT2D eigenvalue weighted by atomic mass is 32.1. The van der Waals surface area contributed by atoms with Crippen LogP contribution in [0, 0.1) is 0 Å². The molecule has 5 heteroatoms. The lowest BCUT2D eigenvalue weighted by molar-refractivity contribution is 0.126. The van der Waals surface area contributed by atoms with E-state index in [-0.39, 0.29) is 12.0 Å². The van der Waals surface area contributed by atoms with Crippen molar-refractivity contribution in [1.82, 2.24) is 9.88 Å². The van der Waals surface area contributed by atoms with Gasteiger partial charge in [-0.05, 0) is 0 Å². The van der Waals surface area contributed by atoms with E-state index in [4.69, 9.17) is 9.84 Å². The highest BCUT2D eigenvalue weighted by Crippen LogP contribution is 2.25. The molecular formula is C13H24N2O2S. The van der Waals surface area contributed by atoms with Crippen LogP contribution in [0.3, 0.4) is 0 Å². The standard InChI is InChI=1S/C13H24N2O2S/c1-13(2,3)12-14-11(10-18-12)9-15(5-7-16)6-8-17-4/h10,16H,5-9H2,1-4H3. The molecule has 0 amide bonds. The third-order valence-corrected chi connectivity index (χ3v) is 3.92. The zero-order valence-electron chi connectivity index (χ0n) is 11.8. The largest absolute Gasteiger partial charge is 0.395 e. The van der Waals surface area contributed by atoms with Gasteiger partial charge in [0, 0.05) is 37.5 Å². The van der Waals surface area contributed by atoms with Gasteiger partial charge in [0.15, 0.2) is 0 Å². The zero-order valence-corrected chi connectivity index (χ0v) is 12.6. The summed E-state index contributed by atoms with van der Waals surface area (Å²) < 4.78 is 5.07. The summed E-state index contributed by atoms with van der Waals surface area (Å²) in [5.74, 6) is 0. The Bertz CT molecular complexity index is 347. The molecule has 1 N–H and O–H groups in total. The molecule has 0 unspecified atom stereocenters. The van der Waals surface area contributed by atoms with Crippen molar-refractivity contribution < 1.29 is 9.84 Å². The van der Waals surface area contributed by atoms with Crippen LogP contribution in [-0.4, -0.2) is 48.4 Å². The second-order valence-electron chi connectivity index (χ2n) is 5.39. The molecule has 0 atom stereocenters. The average Bonchev–Trinajstić information content (AvgIpc) is 2.74. The van der Waals surface area contributed by atoms with E-state index in [2.05, 4.69) is 36.0 Å². The molecule has 104 valence electrons. The van der Waals surface area contributed by atoms with E-state index in [1.807, 2.05) is 0 Å². The monoisotopic (exact) mass is 272 g/mol. The molecule has 1 rings (SSSR count). The summed E-state index contributed by atoms with van der Waals surface area (Å²) in [6.45, 7) is 9.61. The zero-order chi connectivity index (χ0) is 13.6. The lowest BCUT2D eigenvalue weighted by Gasteiger charge is -2.19. The van der Waals surface area contributed by atoms with Crippen molar-refractivity contribution in [1.29, 1.82) is 0 Å². The Morgan fingerprint density at radius 1 is 1.39 bits per heavy atom. The van der Waals surface area contributed by atoms with Gasteiger partial charge in [0.25, 0.3) is 0 Å². The van der Waals surface area contributed by atoms with Crippen LogP contribution in [0.1, 0.15) is 31.5 Å². The molecule has 0 aromatic carbocycles. The topological polar surface area (TPSA) is 45.6 Å². The Morgan fingerprint density at radius 2 is 2.11 bits per heavy atom. The van der Waals surface area contributed by atoms with Crippen molar-refractivity contribution in [2.45, 2.75) is 32.7 Å². The van der Waals surface area contributed by atoms with Gasteiger partial charge >= 0.3 is 0 Å². The SMILES string of the molecule is COCCN(CCO)Cc1csc(C(C)(C)C)n1. The molecule has 4 nitrogen and oxygen atoms in total. The van der Waals surface area contributed by atoms with Crippen LogP contribution < -0.4 is 0 Å². The third kappa shape index (κ3) is 5.02. The molecule has 0 aliphatic rings. The normalized spacial score (nSPS) is 12.3. The molecule has 1 heterocycles. The number of ether oxygens (including phenoxy) is 1. The molecule has 0 aliphatic heterocycles. The first-order valence-corrected chi connectivity index (χ1v) is 7.12. The predicted octanol–water partition coefficient (Wildman–Crippen LogP) is 1.88. The number of thiazole rings is 1. The molecule has 0 saturated carbocycles. The maximum atomic E-state index is 9.05. The summed E-state index contributed by atoms with van der Waals surface area (Å²) >= 11 is 1.71. The van der Waals surface area contributed by atoms with Gasteiger partial charge in [-0.25, -0.2) is 4.98 Å². The minimum Gasteiger partial charge on any atom is -0.395 e. The van der Waals surface area contributed by atoms with Crippen molar-refractivity contribution in [3.8, 4) is 0 Å². The van der Waals surface area contributed by atoms with Crippen LogP contribution in [0.25, 0.3) is 0 Å². The lowest BCUT2D eigenvalue weighted by atomic mass is 9.98. The summed E-state index contributed by atoms with van der Waals surface area (Å²) in [5.41, 5.74) is 1.19. The highest BCUT2D eigenvalue weighted by Gasteiger charge is 2.18. The summed E-state index contributed by atoms with van der Waals surface area (Å²) in [6, 6.07) is 0. The molecule has 0 saturated heterocycles. The summed E-state index contributed by atoms with van der Waals surface area (Å²) in [4.78, 5) is 6.82. The van der Waals surface area contributed by atoms with Crippen LogP contribution in [0.2, 0.25) is 0 Å². The number of aliphatic hydroxyl groups excluding tert-OH is 1. The smallest absolute Gasteiger partial charge is 0.0982 e. The van der Waals surface area contributed by atoms with Crippen molar-refractivity contribution in [2.75, 3.05) is 33.4 Å². The lowest BCUT2D eigenvalue weighted by Crippen LogP contribution is -2.30. The fourth-order valence-electron chi connectivity index (χ4n) is 1.58. The minimum absolute atomic E-state index is 0.108. The van der Waals surface area contributed by atoms with E-state index in [1.54, 1.807) is 18.4 Å². The van der Waals surface area contributed by atoms with Gasteiger partial charge < -0.3 is 9.84 Å². The van der Waals surface area contributed by atoms with E-state index < -0.39 is 0 Å². The summed E-state index contributed by atoms with van der Waals surface area (Å²) in [7, 11) is 1.69. The molecule has 1 aromatic heterocycles. The Hall–Kier alpha value is -0.490. The molecule has 0 radical (unpaired) electrons. The highest BCUT2D eigenvalue weighted by molar-refractivity contribution is 7.09. The van der Waals surface area contributed by atoms with Crippen LogP contribution in [0.5, 0.6) is 0 Å². The van der Waals surface area contributed by atoms with Crippen molar-refractivity contribution in [3.63, 3.8) is 0 Å². The third-order valence-electron chi connectivity index (χ3n) is 2.61. The number of nitrogens with zero attached hydrogens (tertiary/aromatic N) is 2. The van der Waals surface area contributed by atoms with Gasteiger partial charge in [-0.15, -0.1) is 11.3 Å². The number of methoxy groups -OCH3 is 1. The first-order chi connectivity index (χ1) is 8.47. The van der Waals surface area contributed by atoms with E-state index in [1.165, 1.54) is 0 Å². The molecule has 0 aliphatic carbocycles. The van der Waals surface area contributed by atoms with Crippen LogP contribution in [0.4, 0.5) is 0 Å². The summed E-state index contributed by atoms with van der Waals surface area (Å²) in [6.07, 6.45) is 0. The Kier molecular flexibility index (Phi) is 6.21. The van der Waals surface area contributed by atoms with Crippen molar-refractivity contribution in [2.24, 2.45) is 0 Å². The molecular weight excluding hydrogens is 248 g/mol. The molecule has 0 fully saturated rings. The Labute approximate surface area is 114 Å². The van der Waals surface area contributed by atoms with Crippen molar-refractivity contribution in [3.05, 3.63) is 16.1 Å². The maximum absolute atomic E-state index is 9.05. The molecule has 1 aromatic rings. The number of hydrogen-bond donors (Lipinski definition) is 1. The van der Waals surface area contributed by atoms with Gasteiger partial charge in [-0.1, -0.05) is 20.8 Å². The van der Waals surface area contributed by atoms with E-state index in [0.29, 0.717) is 13.2 Å². The first kappa shape index (κ1) is 15.6. The van der Waals surface area contributed by atoms with Crippen molar-refractivity contribution >= 4 is 11.3 Å². The van der Waals surface area contributed by atoms with E-state index in [0.717, 1.165) is 23.8 Å². The number of aromatic nitrogens is 1. The van der Waals surface area contributed by atoms with Gasteiger partial charge in [0.2, 0.25) is 0 Å².